The van der Waals surface area contributed by atoms with E-state index in [1.165, 1.54) is 36.4 Å². The molecule has 0 amide bonds. The molecule has 9 nitrogen and oxygen atoms in total. The number of halogens is 6. The minimum Gasteiger partial charge on any atom is -0.415 e. The molecular formula is C21H15F6N5O4S. The van der Waals surface area contributed by atoms with Crippen LogP contribution in [0.3, 0.4) is 0 Å². The van der Waals surface area contributed by atoms with Crippen molar-refractivity contribution >= 4 is 10.0 Å². The minimum absolute atomic E-state index is 0.0223. The van der Waals surface area contributed by atoms with Gasteiger partial charge in [0.1, 0.15) is 5.82 Å². The Morgan fingerprint density at radius 3 is 2.22 bits per heavy atom. The second kappa shape index (κ2) is 9.93. The summed E-state index contributed by atoms with van der Waals surface area (Å²) in [4.78, 5) is 3.28. The summed E-state index contributed by atoms with van der Waals surface area (Å²) in [6.45, 7) is -0.569. The summed E-state index contributed by atoms with van der Waals surface area (Å²) in [6.07, 6.45) is -6.86. The van der Waals surface area contributed by atoms with Crippen LogP contribution in [0.25, 0.3) is 22.8 Å². The molecule has 0 bridgehead atoms. The lowest BCUT2D eigenvalue weighted by Crippen LogP contribution is -2.29. The first-order valence-corrected chi connectivity index (χ1v) is 12.0. The Balaban J connectivity index is 1.51. The number of hydrogen-bond acceptors (Lipinski definition) is 8. The average molecular weight is 547 g/mol. The molecule has 0 fully saturated rings. The maximum absolute atomic E-state index is 14.8. The molecular weight excluding hydrogens is 532 g/mol. The van der Waals surface area contributed by atoms with Crippen molar-refractivity contribution in [3.63, 3.8) is 0 Å². The normalized spacial score (nSPS) is 12.6. The molecule has 196 valence electrons. The van der Waals surface area contributed by atoms with Gasteiger partial charge in [0, 0.05) is 29.8 Å². The third-order valence-electron chi connectivity index (χ3n) is 4.98. The first kappa shape index (κ1) is 26.3. The first-order valence-electron chi connectivity index (χ1n) is 10.2. The van der Waals surface area contributed by atoms with E-state index in [1.807, 2.05) is 0 Å². The molecule has 0 saturated carbocycles. The molecule has 2 aromatic heterocycles. The van der Waals surface area contributed by atoms with Gasteiger partial charge in [-0.2, -0.15) is 31.2 Å². The first-order chi connectivity index (χ1) is 17.3. The van der Waals surface area contributed by atoms with E-state index in [0.717, 1.165) is 16.6 Å². The van der Waals surface area contributed by atoms with Gasteiger partial charge in [-0.05, 0) is 17.7 Å². The number of nitrogens with zero attached hydrogens (tertiary/aromatic N) is 5. The van der Waals surface area contributed by atoms with Crippen LogP contribution in [-0.2, 0) is 29.3 Å². The van der Waals surface area contributed by atoms with Gasteiger partial charge in [0.25, 0.3) is 5.89 Å². The topological polar surface area (TPSA) is 115 Å². The summed E-state index contributed by atoms with van der Waals surface area (Å²) in [6, 6.07) is 9.19. The van der Waals surface area contributed by atoms with Crippen LogP contribution in [0, 0.1) is 5.82 Å². The van der Waals surface area contributed by atoms with E-state index >= 15 is 0 Å². The maximum atomic E-state index is 14.8. The number of alkyl halides is 5. The van der Waals surface area contributed by atoms with Crippen LogP contribution in [0.5, 0.6) is 0 Å². The van der Waals surface area contributed by atoms with E-state index in [1.54, 1.807) is 0 Å². The Kier molecular flexibility index (Phi) is 7.05. The van der Waals surface area contributed by atoms with Crippen molar-refractivity contribution in [3.8, 4) is 22.8 Å². The fourth-order valence-corrected chi connectivity index (χ4v) is 3.90. The van der Waals surface area contributed by atoms with Gasteiger partial charge in [-0.1, -0.05) is 35.5 Å². The summed E-state index contributed by atoms with van der Waals surface area (Å²) in [5.74, 6) is -3.89. The van der Waals surface area contributed by atoms with Crippen molar-refractivity contribution in [2.45, 2.75) is 25.7 Å². The standard InChI is InChI=1S/C21H15F6N5O4S/c1-37(33,34)32(9-11-2-4-12(5-3-11)17-28-20(36-31-17)21(25,26)27)10-14-7-6-13(8-15(14)22)18-29-30-19(35-18)16(23)24/h2-8,16H,9-10H2,1H3. The van der Waals surface area contributed by atoms with Gasteiger partial charge in [0.05, 0.1) is 6.26 Å². The zero-order valence-corrected chi connectivity index (χ0v) is 19.4. The highest BCUT2D eigenvalue weighted by Gasteiger charge is 2.38. The monoisotopic (exact) mass is 547 g/mol. The zero-order valence-electron chi connectivity index (χ0n) is 18.6. The predicted octanol–water partition coefficient (Wildman–Crippen LogP) is 4.84. The number of sulfonamides is 1. The van der Waals surface area contributed by atoms with Gasteiger partial charge < -0.3 is 8.94 Å². The largest absolute Gasteiger partial charge is 0.471 e. The van der Waals surface area contributed by atoms with Crippen LogP contribution in [0.2, 0.25) is 0 Å². The van der Waals surface area contributed by atoms with Gasteiger partial charge in [0.2, 0.25) is 21.7 Å². The second-order valence-electron chi connectivity index (χ2n) is 7.70. The fourth-order valence-electron chi connectivity index (χ4n) is 3.15. The zero-order chi connectivity index (χ0) is 27.0. The molecule has 2 heterocycles. The molecule has 4 aromatic rings. The minimum atomic E-state index is -4.80. The molecule has 16 heteroatoms. The lowest BCUT2D eigenvalue weighted by Gasteiger charge is -2.20. The fraction of sp³-hybridized carbons (Fsp3) is 0.238. The summed E-state index contributed by atoms with van der Waals surface area (Å²) >= 11 is 0. The van der Waals surface area contributed by atoms with Crippen molar-refractivity contribution in [2.24, 2.45) is 0 Å². The second-order valence-corrected chi connectivity index (χ2v) is 9.68. The van der Waals surface area contributed by atoms with Crippen molar-refractivity contribution in [2.75, 3.05) is 6.26 Å². The Labute approximate surface area is 204 Å². The Morgan fingerprint density at radius 1 is 1.00 bits per heavy atom. The molecule has 0 spiro atoms. The maximum Gasteiger partial charge on any atom is 0.471 e. The summed E-state index contributed by atoms with van der Waals surface area (Å²) < 4.78 is 113. The molecule has 0 atom stereocenters. The molecule has 2 aromatic carbocycles. The summed E-state index contributed by atoms with van der Waals surface area (Å²) in [5.41, 5.74) is 0.644. The summed E-state index contributed by atoms with van der Waals surface area (Å²) in [5, 5.41) is 9.89. The van der Waals surface area contributed by atoms with Gasteiger partial charge in [-0.15, -0.1) is 10.2 Å². The SMILES string of the molecule is CS(=O)(=O)N(Cc1ccc(-c2noc(C(F)(F)F)n2)cc1)Cc1ccc(-c2nnc(C(F)F)o2)cc1F. The van der Waals surface area contributed by atoms with E-state index in [0.29, 0.717) is 5.56 Å². The average Bonchev–Trinajstić information content (AvgIpc) is 3.50. The molecule has 0 N–H and O–H groups in total. The lowest BCUT2D eigenvalue weighted by molar-refractivity contribution is -0.159. The van der Waals surface area contributed by atoms with E-state index in [4.69, 9.17) is 4.42 Å². The highest BCUT2D eigenvalue weighted by Crippen LogP contribution is 2.30. The smallest absolute Gasteiger partial charge is 0.415 e. The third-order valence-corrected chi connectivity index (χ3v) is 6.18. The van der Waals surface area contributed by atoms with Crippen LogP contribution in [0.1, 0.15) is 29.3 Å². The van der Waals surface area contributed by atoms with Crippen molar-refractivity contribution in [1.29, 1.82) is 0 Å². The van der Waals surface area contributed by atoms with Gasteiger partial charge in [-0.3, -0.25) is 0 Å². The van der Waals surface area contributed by atoms with E-state index < -0.39 is 40.2 Å². The number of hydrogen-bond donors (Lipinski definition) is 0. The Hall–Kier alpha value is -3.79. The molecule has 0 saturated heterocycles. The van der Waals surface area contributed by atoms with Crippen LogP contribution in [-0.4, -0.2) is 39.3 Å². The van der Waals surface area contributed by atoms with E-state index in [2.05, 4.69) is 24.9 Å². The Bertz CT molecular complexity index is 1500. The molecule has 0 aliphatic heterocycles. The summed E-state index contributed by atoms with van der Waals surface area (Å²) in [7, 11) is -3.84. The molecule has 4 rings (SSSR count). The molecule has 0 aliphatic rings. The molecule has 0 aliphatic carbocycles. The number of benzene rings is 2. The van der Waals surface area contributed by atoms with Crippen LogP contribution < -0.4 is 0 Å². The third kappa shape index (κ3) is 6.14. The van der Waals surface area contributed by atoms with Crippen molar-refractivity contribution in [1.82, 2.24) is 24.6 Å². The van der Waals surface area contributed by atoms with Crippen LogP contribution in [0.4, 0.5) is 26.3 Å². The van der Waals surface area contributed by atoms with Gasteiger partial charge >= 0.3 is 18.5 Å². The quantitative estimate of drug-likeness (QED) is 0.288. The van der Waals surface area contributed by atoms with Crippen molar-refractivity contribution in [3.05, 3.63) is 71.2 Å². The van der Waals surface area contributed by atoms with Gasteiger partial charge in [-0.25, -0.2) is 12.8 Å². The molecule has 0 unspecified atom stereocenters. The molecule has 37 heavy (non-hydrogen) atoms. The number of rotatable bonds is 8. The van der Waals surface area contributed by atoms with Gasteiger partial charge in [0.15, 0.2) is 0 Å². The van der Waals surface area contributed by atoms with E-state index in [-0.39, 0.29) is 41.5 Å². The lowest BCUT2D eigenvalue weighted by atomic mass is 10.1. The number of aromatic nitrogens is 4. The molecule has 0 radical (unpaired) electrons. The van der Waals surface area contributed by atoms with E-state index in [9.17, 15) is 34.8 Å². The Morgan fingerprint density at radius 2 is 1.68 bits per heavy atom. The highest BCUT2D eigenvalue weighted by atomic mass is 32.2. The van der Waals surface area contributed by atoms with Crippen LogP contribution in [0.15, 0.2) is 51.4 Å². The van der Waals surface area contributed by atoms with Crippen LogP contribution >= 0.6 is 0 Å². The highest BCUT2D eigenvalue weighted by molar-refractivity contribution is 7.88. The predicted molar refractivity (Wildman–Crippen MR) is 113 cm³/mol. The van der Waals surface area contributed by atoms with Crippen molar-refractivity contribution < 1.29 is 43.7 Å².